The van der Waals surface area contributed by atoms with Crippen LogP contribution in [0.2, 0.25) is 0 Å². The molecule has 4 heterocycles. The number of anilines is 1. The van der Waals surface area contributed by atoms with Gasteiger partial charge in [-0.2, -0.15) is 0 Å². The molecule has 0 unspecified atom stereocenters. The third kappa shape index (κ3) is 5.73. The van der Waals surface area contributed by atoms with Crippen molar-refractivity contribution >= 4 is 32.7 Å². The molecular formula is C23H30N4O5S. The molecule has 1 fully saturated rings. The Hall–Kier alpha value is -2.88. The Balaban J connectivity index is 1.34. The van der Waals surface area contributed by atoms with Gasteiger partial charge in [-0.3, -0.25) is 9.36 Å². The Morgan fingerprint density at radius 1 is 1.21 bits per heavy atom. The van der Waals surface area contributed by atoms with Crippen molar-refractivity contribution in [3.8, 4) is 5.88 Å². The number of fused-ring (bicyclic) bond motifs is 1. The highest BCUT2D eigenvalue weighted by Crippen LogP contribution is 2.30. The molecule has 4 rings (SSSR count). The lowest BCUT2D eigenvalue weighted by Crippen LogP contribution is -2.35. The molecule has 178 valence electrons. The van der Waals surface area contributed by atoms with E-state index < -0.39 is 27.2 Å². The molecule has 0 atom stereocenters. The van der Waals surface area contributed by atoms with Crippen LogP contribution in [0.3, 0.4) is 0 Å². The Bertz CT molecular complexity index is 1200. The fourth-order valence-corrected chi connectivity index (χ4v) is 5.43. The molecule has 0 aliphatic carbocycles. The minimum Gasteiger partial charge on any atom is -0.459 e. The molecule has 0 aromatic carbocycles. The van der Waals surface area contributed by atoms with Crippen molar-refractivity contribution < 1.29 is 22.4 Å². The first-order valence-corrected chi connectivity index (χ1v) is 13.0. The largest absolute Gasteiger partial charge is 0.459 e. The van der Waals surface area contributed by atoms with Gasteiger partial charge < -0.3 is 14.1 Å². The summed E-state index contributed by atoms with van der Waals surface area (Å²) in [6, 6.07) is 5.70. The van der Waals surface area contributed by atoms with Gasteiger partial charge >= 0.3 is 5.97 Å². The third-order valence-electron chi connectivity index (χ3n) is 5.71. The zero-order valence-corrected chi connectivity index (χ0v) is 20.0. The van der Waals surface area contributed by atoms with Crippen molar-refractivity contribution in [3.05, 3.63) is 37.0 Å². The SMILES string of the molecule is CC(C)(C)OC(=O)CS(=O)(=O)CCC1CCN(c2ncnc3c2ccn3-c2ccco2)CC1. The maximum atomic E-state index is 12.4. The van der Waals surface area contributed by atoms with E-state index in [2.05, 4.69) is 14.9 Å². The summed E-state index contributed by atoms with van der Waals surface area (Å²) in [5, 5.41) is 0.951. The van der Waals surface area contributed by atoms with E-state index in [0.29, 0.717) is 18.2 Å². The second kappa shape index (κ2) is 9.17. The van der Waals surface area contributed by atoms with Crippen molar-refractivity contribution in [2.24, 2.45) is 5.92 Å². The first-order valence-electron chi connectivity index (χ1n) is 11.1. The van der Waals surface area contributed by atoms with E-state index in [1.165, 1.54) is 0 Å². The minimum absolute atomic E-state index is 0.000654. The number of sulfone groups is 1. The quantitative estimate of drug-likeness (QED) is 0.480. The second-order valence-electron chi connectivity index (χ2n) is 9.47. The highest BCUT2D eigenvalue weighted by Gasteiger charge is 2.26. The van der Waals surface area contributed by atoms with Gasteiger partial charge in [0.1, 0.15) is 23.5 Å². The van der Waals surface area contributed by atoms with E-state index in [1.54, 1.807) is 33.4 Å². The second-order valence-corrected chi connectivity index (χ2v) is 11.7. The molecule has 0 bridgehead atoms. The van der Waals surface area contributed by atoms with Crippen LogP contribution in [0, 0.1) is 5.92 Å². The Morgan fingerprint density at radius 2 is 1.97 bits per heavy atom. The number of ether oxygens (including phenoxy) is 1. The average Bonchev–Trinajstić information content (AvgIpc) is 3.40. The summed E-state index contributed by atoms with van der Waals surface area (Å²) in [5.74, 6) is 0.614. The first kappa shape index (κ1) is 23.3. The highest BCUT2D eigenvalue weighted by molar-refractivity contribution is 7.92. The van der Waals surface area contributed by atoms with E-state index in [9.17, 15) is 13.2 Å². The van der Waals surface area contributed by atoms with Crippen molar-refractivity contribution in [2.75, 3.05) is 29.5 Å². The number of carbonyl (C=O) groups is 1. The van der Waals surface area contributed by atoms with Gasteiger partial charge in [0.15, 0.2) is 15.5 Å². The minimum atomic E-state index is -3.49. The van der Waals surface area contributed by atoms with E-state index in [0.717, 1.165) is 42.8 Å². The van der Waals surface area contributed by atoms with Crippen LogP contribution >= 0.6 is 0 Å². The van der Waals surface area contributed by atoms with Crippen molar-refractivity contribution in [1.29, 1.82) is 0 Å². The molecule has 33 heavy (non-hydrogen) atoms. The Morgan fingerprint density at radius 3 is 2.64 bits per heavy atom. The summed E-state index contributed by atoms with van der Waals surface area (Å²) in [5.41, 5.74) is 0.0930. The molecule has 1 aliphatic rings. The van der Waals surface area contributed by atoms with E-state index >= 15 is 0 Å². The van der Waals surface area contributed by atoms with Crippen LogP contribution in [0.25, 0.3) is 16.9 Å². The standard InChI is InChI=1S/C23H30N4O5S/c1-23(2,3)32-20(28)15-33(29,30)14-9-17-6-10-26(11-7-17)21-18-8-12-27(19-5-4-13-31-19)22(18)25-16-24-21/h4-5,8,12-13,16-17H,6-7,9-11,14-15H2,1-3H3. The smallest absolute Gasteiger partial charge is 0.321 e. The van der Waals surface area contributed by atoms with Crippen LogP contribution in [-0.2, 0) is 19.4 Å². The average molecular weight is 475 g/mol. The summed E-state index contributed by atoms with van der Waals surface area (Å²) in [4.78, 5) is 23.1. The summed E-state index contributed by atoms with van der Waals surface area (Å²) < 4.78 is 37.3. The molecule has 0 saturated carbocycles. The molecule has 9 nitrogen and oxygen atoms in total. The van der Waals surface area contributed by atoms with Gasteiger partial charge in [0.05, 0.1) is 17.4 Å². The molecule has 0 amide bonds. The molecular weight excluding hydrogens is 444 g/mol. The number of carbonyl (C=O) groups excluding carboxylic acids is 1. The number of rotatable bonds is 7. The van der Waals surface area contributed by atoms with Crippen LogP contribution in [0.5, 0.6) is 0 Å². The monoisotopic (exact) mass is 474 g/mol. The summed E-state index contributed by atoms with van der Waals surface area (Å²) in [6.07, 6.45) is 7.39. The van der Waals surface area contributed by atoms with Gasteiger partial charge in [0, 0.05) is 25.4 Å². The summed E-state index contributed by atoms with van der Waals surface area (Å²) >= 11 is 0. The summed E-state index contributed by atoms with van der Waals surface area (Å²) in [6.45, 7) is 6.75. The fourth-order valence-electron chi connectivity index (χ4n) is 4.18. The van der Waals surface area contributed by atoms with Gasteiger partial charge in [-0.1, -0.05) is 0 Å². The molecule has 3 aromatic heterocycles. The number of aromatic nitrogens is 3. The lowest BCUT2D eigenvalue weighted by atomic mass is 9.94. The zero-order chi connectivity index (χ0) is 23.6. The molecule has 0 radical (unpaired) electrons. The van der Waals surface area contributed by atoms with Crippen molar-refractivity contribution in [1.82, 2.24) is 14.5 Å². The lowest BCUT2D eigenvalue weighted by Gasteiger charge is -2.33. The maximum absolute atomic E-state index is 12.4. The van der Waals surface area contributed by atoms with Crippen LogP contribution in [0.1, 0.15) is 40.0 Å². The topological polar surface area (TPSA) is 108 Å². The van der Waals surface area contributed by atoms with Crippen LogP contribution in [0.15, 0.2) is 41.4 Å². The van der Waals surface area contributed by atoms with Crippen molar-refractivity contribution in [2.45, 2.75) is 45.6 Å². The number of nitrogens with zero attached hydrogens (tertiary/aromatic N) is 4. The molecule has 3 aromatic rings. The highest BCUT2D eigenvalue weighted by atomic mass is 32.2. The van der Waals surface area contributed by atoms with Gasteiger partial charge in [0.25, 0.3) is 0 Å². The molecule has 1 aliphatic heterocycles. The fraction of sp³-hybridized carbons (Fsp3) is 0.522. The number of esters is 1. The normalized spacial score (nSPS) is 15.8. The zero-order valence-electron chi connectivity index (χ0n) is 19.2. The molecule has 0 spiro atoms. The number of hydrogen-bond donors (Lipinski definition) is 0. The lowest BCUT2D eigenvalue weighted by molar-refractivity contribution is -0.151. The van der Waals surface area contributed by atoms with E-state index in [1.807, 2.05) is 29.0 Å². The maximum Gasteiger partial charge on any atom is 0.321 e. The number of hydrogen-bond acceptors (Lipinski definition) is 8. The predicted molar refractivity (Wildman–Crippen MR) is 125 cm³/mol. The van der Waals surface area contributed by atoms with Crippen LogP contribution < -0.4 is 4.90 Å². The van der Waals surface area contributed by atoms with Gasteiger partial charge in [-0.25, -0.2) is 18.4 Å². The molecule has 1 saturated heterocycles. The van der Waals surface area contributed by atoms with Gasteiger partial charge in [0.2, 0.25) is 5.88 Å². The van der Waals surface area contributed by atoms with Crippen molar-refractivity contribution in [3.63, 3.8) is 0 Å². The number of piperidine rings is 1. The summed E-state index contributed by atoms with van der Waals surface area (Å²) in [7, 11) is -3.49. The Kier molecular flexibility index (Phi) is 6.47. The Labute approximate surface area is 193 Å². The van der Waals surface area contributed by atoms with E-state index in [4.69, 9.17) is 9.15 Å². The first-order chi connectivity index (χ1) is 15.6. The molecule has 0 N–H and O–H groups in total. The number of furan rings is 1. The van der Waals surface area contributed by atoms with Crippen LogP contribution in [-0.4, -0.2) is 59.1 Å². The van der Waals surface area contributed by atoms with Gasteiger partial charge in [-0.15, -0.1) is 0 Å². The van der Waals surface area contributed by atoms with Gasteiger partial charge in [-0.05, 0) is 58.1 Å². The predicted octanol–water partition coefficient (Wildman–Crippen LogP) is 3.38. The van der Waals surface area contributed by atoms with Crippen LogP contribution in [0.4, 0.5) is 5.82 Å². The third-order valence-corrected chi connectivity index (χ3v) is 7.25. The molecule has 10 heteroatoms. The van der Waals surface area contributed by atoms with E-state index in [-0.39, 0.29) is 5.75 Å².